The van der Waals surface area contributed by atoms with Crippen LogP contribution in [0.2, 0.25) is 5.02 Å². The molecule has 0 saturated heterocycles. The Kier molecular flexibility index (Phi) is 7.25. The van der Waals surface area contributed by atoms with Crippen LogP contribution < -0.4 is 5.32 Å². The highest BCUT2D eigenvalue weighted by Crippen LogP contribution is 2.31. The molecule has 6 nitrogen and oxygen atoms in total. The number of fused-ring (bicyclic) bond motifs is 3. The topological polar surface area (TPSA) is 71.4 Å². The zero-order valence-corrected chi connectivity index (χ0v) is 22.8. The molecular formula is C30H28ClN3O3S. The van der Waals surface area contributed by atoms with Crippen LogP contribution in [0.1, 0.15) is 18.1 Å². The van der Waals surface area contributed by atoms with Crippen LogP contribution >= 0.6 is 11.6 Å². The van der Waals surface area contributed by atoms with E-state index in [-0.39, 0.29) is 18.0 Å². The summed E-state index contributed by atoms with van der Waals surface area (Å²) in [5.41, 5.74) is 4.60. The third kappa shape index (κ3) is 5.05. The van der Waals surface area contributed by atoms with Gasteiger partial charge in [-0.15, -0.1) is 0 Å². The molecule has 1 heterocycles. The maximum absolute atomic E-state index is 13.6. The summed E-state index contributed by atoms with van der Waals surface area (Å²) in [6.07, 6.45) is 0. The Morgan fingerprint density at radius 2 is 1.58 bits per heavy atom. The lowest BCUT2D eigenvalue weighted by Gasteiger charge is -2.23. The van der Waals surface area contributed by atoms with Crippen molar-refractivity contribution in [2.45, 2.75) is 31.8 Å². The summed E-state index contributed by atoms with van der Waals surface area (Å²) in [4.78, 5) is 13.3. The van der Waals surface area contributed by atoms with Crippen molar-refractivity contribution in [3.05, 3.63) is 107 Å². The molecule has 5 aromatic rings. The maximum Gasteiger partial charge on any atom is 0.243 e. The van der Waals surface area contributed by atoms with E-state index in [1.807, 2.05) is 61.5 Å². The van der Waals surface area contributed by atoms with Crippen LogP contribution in [0.25, 0.3) is 21.8 Å². The molecule has 0 aliphatic heterocycles. The predicted octanol–water partition coefficient (Wildman–Crippen LogP) is 6.61. The number of hydrogen-bond acceptors (Lipinski definition) is 3. The number of sulfonamides is 1. The van der Waals surface area contributed by atoms with E-state index < -0.39 is 15.9 Å². The van der Waals surface area contributed by atoms with Gasteiger partial charge in [-0.05, 0) is 73.5 Å². The maximum atomic E-state index is 13.6. The lowest BCUT2D eigenvalue weighted by molar-refractivity contribution is -0.116. The van der Waals surface area contributed by atoms with Gasteiger partial charge in [0.2, 0.25) is 15.9 Å². The minimum Gasteiger partial charge on any atom is -0.341 e. The summed E-state index contributed by atoms with van der Waals surface area (Å²) in [6.45, 7) is 4.57. The molecule has 1 aromatic heterocycles. The SMILES string of the molecule is CCn1c2ccccc2c2cc(NC(=O)CN(Cc3ccccc3C)S(=O)(=O)c3ccc(Cl)cc3)ccc21. The van der Waals surface area contributed by atoms with Crippen LogP contribution in [0.4, 0.5) is 5.69 Å². The van der Waals surface area contributed by atoms with Crippen molar-refractivity contribution < 1.29 is 13.2 Å². The van der Waals surface area contributed by atoms with Crippen molar-refractivity contribution in [2.75, 3.05) is 11.9 Å². The van der Waals surface area contributed by atoms with Gasteiger partial charge in [0.05, 0.1) is 11.4 Å². The Morgan fingerprint density at radius 3 is 2.32 bits per heavy atom. The first-order chi connectivity index (χ1) is 18.3. The number of benzene rings is 4. The number of anilines is 1. The van der Waals surface area contributed by atoms with E-state index in [1.54, 1.807) is 0 Å². The summed E-state index contributed by atoms with van der Waals surface area (Å²) < 4.78 is 30.6. The second kappa shape index (κ2) is 10.6. The van der Waals surface area contributed by atoms with Crippen molar-refractivity contribution >= 4 is 55.0 Å². The number of aromatic nitrogens is 1. The highest BCUT2D eigenvalue weighted by atomic mass is 35.5. The van der Waals surface area contributed by atoms with Crippen LogP contribution in [-0.2, 0) is 27.9 Å². The smallest absolute Gasteiger partial charge is 0.243 e. The van der Waals surface area contributed by atoms with Crippen LogP contribution in [0.3, 0.4) is 0 Å². The zero-order valence-electron chi connectivity index (χ0n) is 21.2. The van der Waals surface area contributed by atoms with E-state index in [1.165, 1.54) is 28.6 Å². The predicted molar refractivity (Wildman–Crippen MR) is 154 cm³/mol. The summed E-state index contributed by atoms with van der Waals surface area (Å²) >= 11 is 5.98. The number of para-hydroxylation sites is 1. The number of aryl methyl sites for hydroxylation is 2. The van der Waals surface area contributed by atoms with Gasteiger partial charge in [-0.1, -0.05) is 54.1 Å². The molecule has 0 fully saturated rings. The van der Waals surface area contributed by atoms with Crippen molar-refractivity contribution in [1.82, 2.24) is 8.87 Å². The molecule has 0 aliphatic carbocycles. The van der Waals surface area contributed by atoms with Gasteiger partial charge in [-0.2, -0.15) is 4.31 Å². The molecule has 0 spiro atoms. The quantitative estimate of drug-likeness (QED) is 0.238. The monoisotopic (exact) mass is 545 g/mol. The second-order valence-corrected chi connectivity index (χ2v) is 11.6. The lowest BCUT2D eigenvalue weighted by Crippen LogP contribution is -2.37. The Bertz CT molecular complexity index is 1740. The number of nitrogens with one attached hydrogen (secondary N) is 1. The molecule has 1 amide bonds. The Labute approximate surface area is 227 Å². The first-order valence-corrected chi connectivity index (χ1v) is 14.2. The van der Waals surface area contributed by atoms with Gasteiger partial charge < -0.3 is 9.88 Å². The third-order valence-electron chi connectivity index (χ3n) is 6.75. The number of amides is 1. The van der Waals surface area contributed by atoms with Gasteiger partial charge in [0, 0.05) is 45.6 Å². The molecule has 38 heavy (non-hydrogen) atoms. The number of rotatable bonds is 8. The molecule has 1 N–H and O–H groups in total. The molecular weight excluding hydrogens is 518 g/mol. The fraction of sp³-hybridized carbons (Fsp3) is 0.167. The number of carbonyl (C=O) groups is 1. The summed E-state index contributed by atoms with van der Waals surface area (Å²) in [5.74, 6) is -0.422. The van der Waals surface area contributed by atoms with Crippen LogP contribution in [0.15, 0.2) is 95.9 Å². The van der Waals surface area contributed by atoms with Crippen LogP contribution in [0, 0.1) is 6.92 Å². The average molecular weight is 546 g/mol. The fourth-order valence-electron chi connectivity index (χ4n) is 4.79. The number of carbonyl (C=O) groups excluding carboxylic acids is 1. The normalized spacial score (nSPS) is 11.9. The molecule has 0 unspecified atom stereocenters. The van der Waals surface area contributed by atoms with Gasteiger partial charge >= 0.3 is 0 Å². The Balaban J connectivity index is 1.45. The molecule has 0 saturated carbocycles. The molecule has 0 aliphatic rings. The van der Waals surface area contributed by atoms with Crippen molar-refractivity contribution in [3.63, 3.8) is 0 Å². The van der Waals surface area contributed by atoms with Gasteiger partial charge in [0.25, 0.3) is 0 Å². The van der Waals surface area contributed by atoms with Gasteiger partial charge in [-0.25, -0.2) is 8.42 Å². The highest BCUT2D eigenvalue weighted by molar-refractivity contribution is 7.89. The lowest BCUT2D eigenvalue weighted by atomic mass is 10.1. The standard InChI is InChI=1S/C30H28ClN3O3S/c1-3-34-28-11-7-6-10-26(28)27-18-24(14-17-29(27)34)32-30(35)20-33(19-22-9-5-4-8-21(22)2)38(36,37)25-15-12-23(31)13-16-25/h4-18H,3,19-20H2,1-2H3,(H,32,35). The fourth-order valence-corrected chi connectivity index (χ4v) is 6.29. The first kappa shape index (κ1) is 26.0. The van der Waals surface area contributed by atoms with E-state index >= 15 is 0 Å². The van der Waals surface area contributed by atoms with E-state index in [0.29, 0.717) is 10.7 Å². The first-order valence-electron chi connectivity index (χ1n) is 12.4. The Hall–Kier alpha value is -3.65. The van der Waals surface area contributed by atoms with Crippen molar-refractivity contribution in [2.24, 2.45) is 0 Å². The van der Waals surface area contributed by atoms with Gasteiger partial charge in [-0.3, -0.25) is 4.79 Å². The summed E-state index contributed by atoms with van der Waals surface area (Å²) in [5, 5.41) is 5.49. The summed E-state index contributed by atoms with van der Waals surface area (Å²) in [6, 6.07) is 27.5. The van der Waals surface area contributed by atoms with E-state index in [4.69, 9.17) is 11.6 Å². The number of nitrogens with zero attached hydrogens (tertiary/aromatic N) is 2. The van der Waals surface area contributed by atoms with Crippen molar-refractivity contribution in [1.29, 1.82) is 0 Å². The highest BCUT2D eigenvalue weighted by Gasteiger charge is 2.27. The van der Waals surface area contributed by atoms with Crippen molar-refractivity contribution in [3.8, 4) is 0 Å². The minimum atomic E-state index is -3.97. The van der Waals surface area contributed by atoms with E-state index in [2.05, 4.69) is 28.9 Å². The summed E-state index contributed by atoms with van der Waals surface area (Å²) in [7, 11) is -3.97. The molecule has 8 heteroatoms. The van der Waals surface area contributed by atoms with E-state index in [9.17, 15) is 13.2 Å². The minimum absolute atomic E-state index is 0.0636. The molecule has 194 valence electrons. The zero-order chi connectivity index (χ0) is 26.9. The molecule has 0 radical (unpaired) electrons. The molecule has 5 rings (SSSR count). The third-order valence-corrected chi connectivity index (χ3v) is 8.81. The van der Waals surface area contributed by atoms with Crippen LogP contribution in [0.5, 0.6) is 0 Å². The largest absolute Gasteiger partial charge is 0.341 e. The van der Waals surface area contributed by atoms with Gasteiger partial charge in [0.15, 0.2) is 0 Å². The van der Waals surface area contributed by atoms with Crippen LogP contribution in [-0.4, -0.2) is 29.7 Å². The van der Waals surface area contributed by atoms with E-state index in [0.717, 1.165) is 39.5 Å². The molecule has 4 aromatic carbocycles. The second-order valence-electron chi connectivity index (χ2n) is 9.20. The Morgan fingerprint density at radius 1 is 0.895 bits per heavy atom. The number of hydrogen-bond donors (Lipinski definition) is 1. The average Bonchev–Trinajstić information content (AvgIpc) is 3.22. The number of halogens is 1. The molecule has 0 atom stereocenters. The van der Waals surface area contributed by atoms with Gasteiger partial charge in [0.1, 0.15) is 0 Å². The molecule has 0 bridgehead atoms.